The molecule has 1 heterocycles. The van der Waals surface area contributed by atoms with Gasteiger partial charge in [0.15, 0.2) is 0 Å². The van der Waals surface area contributed by atoms with Crippen LogP contribution >= 0.6 is 0 Å². The van der Waals surface area contributed by atoms with E-state index in [0.29, 0.717) is 11.5 Å². The lowest BCUT2D eigenvalue weighted by Crippen LogP contribution is -2.50. The van der Waals surface area contributed by atoms with Gasteiger partial charge in [0.05, 0.1) is 7.11 Å². The number of nitrogens with two attached hydrogens (primary N) is 1. The first-order chi connectivity index (χ1) is 10.1. The Morgan fingerprint density at radius 2 is 1.76 bits per heavy atom. The van der Waals surface area contributed by atoms with Crippen LogP contribution < -0.4 is 5.73 Å². The predicted molar refractivity (Wildman–Crippen MR) is 82.9 cm³/mol. The molecule has 2 saturated carbocycles. The predicted octanol–water partition coefficient (Wildman–Crippen LogP) is 2.46. The summed E-state index contributed by atoms with van der Waals surface area (Å²) in [5.41, 5.74) is 6.16. The van der Waals surface area contributed by atoms with Crippen molar-refractivity contribution >= 4 is 5.97 Å². The number of likely N-dealkylation sites (tertiary alicyclic amines) is 1. The molecule has 1 aliphatic heterocycles. The minimum absolute atomic E-state index is 0.231. The first kappa shape index (κ1) is 15.3. The molecule has 3 fully saturated rings. The second-order valence-electron chi connectivity index (χ2n) is 7.64. The molecule has 0 aromatic heterocycles. The minimum Gasteiger partial charge on any atom is -0.468 e. The molecule has 2 N–H and O–H groups in total. The molecule has 1 spiro atoms. The number of ether oxygens (including phenoxy) is 1. The lowest BCUT2D eigenvalue weighted by molar-refractivity contribution is -0.147. The summed E-state index contributed by atoms with van der Waals surface area (Å²) in [6.45, 7) is 2.39. The number of esters is 1. The van der Waals surface area contributed by atoms with E-state index in [4.69, 9.17) is 10.5 Å². The largest absolute Gasteiger partial charge is 0.468 e. The van der Waals surface area contributed by atoms with Gasteiger partial charge in [0, 0.05) is 6.04 Å². The highest BCUT2D eigenvalue weighted by Crippen LogP contribution is 2.45. The zero-order valence-electron chi connectivity index (χ0n) is 13.4. The fourth-order valence-corrected chi connectivity index (χ4v) is 4.91. The molecular formula is C17H30N2O2. The summed E-state index contributed by atoms with van der Waals surface area (Å²) in [5, 5.41) is 0. The normalized spacial score (nSPS) is 36.8. The standard InChI is InChI=1S/C17H30N2O2/c1-21-15(20)17(18)8-5-14(13-17)19-11-9-16(10-12-19)6-3-2-4-7-16/h14H,2-13,18H2,1H3. The second-order valence-corrected chi connectivity index (χ2v) is 7.64. The quantitative estimate of drug-likeness (QED) is 0.795. The SMILES string of the molecule is COC(=O)C1(N)CCC(N2CCC3(CCCCC3)CC2)C1. The molecule has 3 aliphatic rings. The highest BCUT2D eigenvalue weighted by molar-refractivity contribution is 5.81. The number of methoxy groups -OCH3 is 1. The van der Waals surface area contributed by atoms with Crippen LogP contribution in [0.3, 0.4) is 0 Å². The van der Waals surface area contributed by atoms with Crippen LogP contribution in [0.5, 0.6) is 0 Å². The van der Waals surface area contributed by atoms with Crippen LogP contribution in [-0.4, -0.2) is 42.6 Å². The van der Waals surface area contributed by atoms with Gasteiger partial charge < -0.3 is 15.4 Å². The Kier molecular flexibility index (Phi) is 4.28. The third-order valence-electron chi connectivity index (χ3n) is 6.40. The fraction of sp³-hybridized carbons (Fsp3) is 0.941. The molecule has 2 aliphatic carbocycles. The molecule has 0 bridgehead atoms. The Labute approximate surface area is 128 Å². The molecule has 21 heavy (non-hydrogen) atoms. The number of carbonyl (C=O) groups excluding carboxylic acids is 1. The highest BCUT2D eigenvalue weighted by Gasteiger charge is 2.46. The van der Waals surface area contributed by atoms with Gasteiger partial charge in [-0.05, 0) is 63.5 Å². The zero-order valence-corrected chi connectivity index (χ0v) is 13.4. The van der Waals surface area contributed by atoms with Gasteiger partial charge >= 0.3 is 5.97 Å². The molecular weight excluding hydrogens is 264 g/mol. The summed E-state index contributed by atoms with van der Waals surface area (Å²) in [5.74, 6) is -0.231. The van der Waals surface area contributed by atoms with Crippen molar-refractivity contribution in [2.24, 2.45) is 11.1 Å². The first-order valence-corrected chi connectivity index (χ1v) is 8.68. The number of carbonyl (C=O) groups is 1. The van der Waals surface area contributed by atoms with E-state index in [1.807, 2.05) is 0 Å². The summed E-state index contributed by atoms with van der Waals surface area (Å²) < 4.78 is 4.88. The van der Waals surface area contributed by atoms with E-state index in [1.165, 1.54) is 65.1 Å². The third kappa shape index (κ3) is 2.98. The number of hydrogen-bond acceptors (Lipinski definition) is 4. The van der Waals surface area contributed by atoms with Crippen LogP contribution in [0.25, 0.3) is 0 Å². The maximum atomic E-state index is 11.8. The summed E-state index contributed by atoms with van der Waals surface area (Å²) >= 11 is 0. The number of piperidine rings is 1. The van der Waals surface area contributed by atoms with Crippen molar-refractivity contribution in [1.29, 1.82) is 0 Å². The van der Waals surface area contributed by atoms with Crippen LogP contribution in [0.4, 0.5) is 0 Å². The monoisotopic (exact) mass is 294 g/mol. The molecule has 3 rings (SSSR count). The Morgan fingerprint density at radius 1 is 1.10 bits per heavy atom. The molecule has 2 unspecified atom stereocenters. The van der Waals surface area contributed by atoms with Crippen molar-refractivity contribution in [1.82, 2.24) is 4.90 Å². The van der Waals surface area contributed by atoms with Gasteiger partial charge in [0.2, 0.25) is 0 Å². The molecule has 2 atom stereocenters. The highest BCUT2D eigenvalue weighted by atomic mass is 16.5. The van der Waals surface area contributed by atoms with E-state index in [-0.39, 0.29) is 5.97 Å². The number of hydrogen-bond donors (Lipinski definition) is 1. The van der Waals surface area contributed by atoms with Gasteiger partial charge in [-0.3, -0.25) is 4.79 Å². The molecule has 0 amide bonds. The summed E-state index contributed by atoms with van der Waals surface area (Å²) in [6.07, 6.45) is 12.4. The Hall–Kier alpha value is -0.610. The molecule has 0 radical (unpaired) electrons. The lowest BCUT2D eigenvalue weighted by atomic mass is 9.68. The number of rotatable bonds is 2. The van der Waals surface area contributed by atoms with Crippen molar-refractivity contribution < 1.29 is 9.53 Å². The molecule has 0 aromatic carbocycles. The summed E-state index contributed by atoms with van der Waals surface area (Å²) in [6, 6.07) is 0.482. The van der Waals surface area contributed by atoms with Crippen molar-refractivity contribution in [2.45, 2.75) is 75.8 Å². The van der Waals surface area contributed by atoms with Gasteiger partial charge in [-0.25, -0.2) is 0 Å². The van der Waals surface area contributed by atoms with Crippen molar-refractivity contribution in [3.63, 3.8) is 0 Å². The maximum Gasteiger partial charge on any atom is 0.325 e. The van der Waals surface area contributed by atoms with E-state index < -0.39 is 5.54 Å². The van der Waals surface area contributed by atoms with Gasteiger partial charge in [0.25, 0.3) is 0 Å². The van der Waals surface area contributed by atoms with E-state index in [9.17, 15) is 4.79 Å². The van der Waals surface area contributed by atoms with Gasteiger partial charge in [-0.1, -0.05) is 19.3 Å². The average molecular weight is 294 g/mol. The molecule has 120 valence electrons. The Bertz CT molecular complexity index is 382. The van der Waals surface area contributed by atoms with Crippen LogP contribution in [-0.2, 0) is 9.53 Å². The van der Waals surface area contributed by atoms with E-state index in [2.05, 4.69) is 4.90 Å². The van der Waals surface area contributed by atoms with E-state index in [1.54, 1.807) is 0 Å². The summed E-state index contributed by atoms with van der Waals surface area (Å²) in [4.78, 5) is 14.4. The molecule has 4 nitrogen and oxygen atoms in total. The van der Waals surface area contributed by atoms with Gasteiger partial charge in [-0.15, -0.1) is 0 Å². The first-order valence-electron chi connectivity index (χ1n) is 8.68. The van der Waals surface area contributed by atoms with Crippen molar-refractivity contribution in [2.75, 3.05) is 20.2 Å². The number of nitrogens with zero attached hydrogens (tertiary/aromatic N) is 1. The van der Waals surface area contributed by atoms with E-state index in [0.717, 1.165) is 19.3 Å². The van der Waals surface area contributed by atoms with E-state index >= 15 is 0 Å². The Balaban J connectivity index is 1.55. The van der Waals surface area contributed by atoms with Crippen molar-refractivity contribution in [3.8, 4) is 0 Å². The average Bonchev–Trinajstić information content (AvgIpc) is 2.92. The smallest absolute Gasteiger partial charge is 0.325 e. The van der Waals surface area contributed by atoms with Crippen LogP contribution in [0.15, 0.2) is 0 Å². The van der Waals surface area contributed by atoms with Crippen LogP contribution in [0, 0.1) is 5.41 Å². The molecule has 4 heteroatoms. The topological polar surface area (TPSA) is 55.6 Å². The Morgan fingerprint density at radius 3 is 2.38 bits per heavy atom. The molecule has 1 saturated heterocycles. The lowest BCUT2D eigenvalue weighted by Gasteiger charge is -2.46. The van der Waals surface area contributed by atoms with Crippen LogP contribution in [0.2, 0.25) is 0 Å². The van der Waals surface area contributed by atoms with Gasteiger partial charge in [-0.2, -0.15) is 0 Å². The second kappa shape index (κ2) is 5.88. The third-order valence-corrected chi connectivity index (χ3v) is 6.40. The van der Waals surface area contributed by atoms with Crippen molar-refractivity contribution in [3.05, 3.63) is 0 Å². The van der Waals surface area contributed by atoms with Crippen LogP contribution in [0.1, 0.15) is 64.2 Å². The maximum absolute atomic E-state index is 11.8. The fourth-order valence-electron chi connectivity index (χ4n) is 4.91. The minimum atomic E-state index is -0.737. The van der Waals surface area contributed by atoms with Gasteiger partial charge in [0.1, 0.15) is 5.54 Å². The zero-order chi connectivity index (χ0) is 14.9. The molecule has 0 aromatic rings. The summed E-state index contributed by atoms with van der Waals surface area (Å²) in [7, 11) is 1.44.